The summed E-state index contributed by atoms with van der Waals surface area (Å²) >= 11 is 0. The van der Waals surface area contributed by atoms with Crippen LogP contribution in [0.4, 0.5) is 8.78 Å². The summed E-state index contributed by atoms with van der Waals surface area (Å²) in [7, 11) is 0. The first-order chi connectivity index (χ1) is 9.40. The third-order valence-corrected chi connectivity index (χ3v) is 2.93. The second-order valence-corrected chi connectivity index (χ2v) is 5.29. The fourth-order valence-electron chi connectivity index (χ4n) is 1.76. The Labute approximate surface area is 118 Å². The quantitative estimate of drug-likeness (QED) is 0.808. The van der Waals surface area contributed by atoms with Gasteiger partial charge in [-0.3, -0.25) is 4.79 Å². The molecule has 0 aromatic heterocycles. The fourth-order valence-corrected chi connectivity index (χ4v) is 1.76. The summed E-state index contributed by atoms with van der Waals surface area (Å²) < 4.78 is 26.6. The van der Waals surface area contributed by atoms with Gasteiger partial charge in [0.05, 0.1) is 0 Å². The largest absolute Gasteiger partial charge is 0.356 e. The van der Waals surface area contributed by atoms with Gasteiger partial charge in [0.25, 0.3) is 0 Å². The van der Waals surface area contributed by atoms with Crippen molar-refractivity contribution in [3.63, 3.8) is 0 Å². The maximum atomic E-state index is 13.5. The van der Waals surface area contributed by atoms with E-state index in [0.29, 0.717) is 25.4 Å². The second kappa shape index (κ2) is 7.94. The van der Waals surface area contributed by atoms with E-state index in [0.717, 1.165) is 12.1 Å². The van der Waals surface area contributed by atoms with Gasteiger partial charge in [-0.15, -0.1) is 0 Å². The zero-order valence-corrected chi connectivity index (χ0v) is 12.2. The van der Waals surface area contributed by atoms with Crippen LogP contribution in [0.2, 0.25) is 0 Å². The first kappa shape index (κ1) is 16.6. The number of nitrogens with one attached hydrogen (secondary N) is 2. The molecular weight excluding hydrogens is 262 g/mol. The van der Waals surface area contributed by atoms with Crippen molar-refractivity contribution < 1.29 is 13.6 Å². The molecule has 0 spiro atoms. The molecule has 0 heterocycles. The number of amides is 1. The van der Waals surface area contributed by atoms with Gasteiger partial charge in [-0.05, 0) is 31.0 Å². The highest BCUT2D eigenvalue weighted by atomic mass is 19.1. The normalized spacial score (nSPS) is 12.5. The Morgan fingerprint density at radius 1 is 1.25 bits per heavy atom. The third-order valence-electron chi connectivity index (χ3n) is 2.93. The summed E-state index contributed by atoms with van der Waals surface area (Å²) in [5.41, 5.74) is 0.271. The van der Waals surface area contributed by atoms with E-state index in [1.165, 1.54) is 6.07 Å². The molecule has 0 saturated heterocycles. The first-order valence-corrected chi connectivity index (χ1v) is 6.85. The van der Waals surface area contributed by atoms with Gasteiger partial charge in [0.15, 0.2) is 0 Å². The van der Waals surface area contributed by atoms with Crippen LogP contribution in [0.25, 0.3) is 0 Å². The number of carbonyl (C=O) groups is 1. The number of benzene rings is 1. The Morgan fingerprint density at radius 3 is 2.60 bits per heavy atom. The van der Waals surface area contributed by atoms with Crippen LogP contribution < -0.4 is 10.6 Å². The highest BCUT2D eigenvalue weighted by Gasteiger charge is 2.12. The summed E-state index contributed by atoms with van der Waals surface area (Å²) in [5, 5.41) is 5.82. The standard InChI is InChI=1S/C15H22F2N2O/c1-10(2)9-19-15(20)6-7-18-11(3)13-8-12(16)4-5-14(13)17/h4-5,8,10-11,18H,6-7,9H2,1-3H3,(H,19,20). The van der Waals surface area contributed by atoms with Crippen molar-refractivity contribution in [2.75, 3.05) is 13.1 Å². The molecule has 2 N–H and O–H groups in total. The van der Waals surface area contributed by atoms with Crippen LogP contribution in [0.3, 0.4) is 0 Å². The molecule has 0 fully saturated rings. The molecule has 112 valence electrons. The predicted octanol–water partition coefficient (Wildman–Crippen LogP) is 2.78. The van der Waals surface area contributed by atoms with E-state index in [1.807, 2.05) is 13.8 Å². The van der Waals surface area contributed by atoms with Crippen LogP contribution >= 0.6 is 0 Å². The zero-order valence-electron chi connectivity index (χ0n) is 12.2. The molecule has 0 bridgehead atoms. The average molecular weight is 284 g/mol. The van der Waals surface area contributed by atoms with E-state index in [-0.39, 0.29) is 17.5 Å². The Balaban J connectivity index is 2.38. The van der Waals surface area contributed by atoms with Crippen LogP contribution in [0, 0.1) is 17.6 Å². The van der Waals surface area contributed by atoms with Gasteiger partial charge >= 0.3 is 0 Å². The van der Waals surface area contributed by atoms with Gasteiger partial charge in [0.2, 0.25) is 5.91 Å². The molecule has 1 aromatic carbocycles. The molecule has 1 unspecified atom stereocenters. The highest BCUT2D eigenvalue weighted by Crippen LogP contribution is 2.17. The molecule has 0 saturated carbocycles. The van der Waals surface area contributed by atoms with Gasteiger partial charge in [-0.1, -0.05) is 13.8 Å². The lowest BCUT2D eigenvalue weighted by Gasteiger charge is -2.15. The molecule has 0 radical (unpaired) electrons. The van der Waals surface area contributed by atoms with E-state index >= 15 is 0 Å². The van der Waals surface area contributed by atoms with Crippen LogP contribution in [-0.2, 0) is 4.79 Å². The van der Waals surface area contributed by atoms with Gasteiger partial charge in [0, 0.05) is 31.1 Å². The molecule has 1 aromatic rings. The van der Waals surface area contributed by atoms with E-state index in [1.54, 1.807) is 6.92 Å². The minimum Gasteiger partial charge on any atom is -0.356 e. The monoisotopic (exact) mass is 284 g/mol. The molecule has 1 amide bonds. The van der Waals surface area contributed by atoms with Crippen LogP contribution in [0.5, 0.6) is 0 Å². The molecule has 0 aliphatic heterocycles. The SMILES string of the molecule is CC(C)CNC(=O)CCNC(C)c1cc(F)ccc1F. The summed E-state index contributed by atoms with van der Waals surface area (Å²) in [6.07, 6.45) is 0.313. The lowest BCUT2D eigenvalue weighted by molar-refractivity contribution is -0.121. The first-order valence-electron chi connectivity index (χ1n) is 6.85. The van der Waals surface area contributed by atoms with Crippen molar-refractivity contribution in [3.05, 3.63) is 35.4 Å². The van der Waals surface area contributed by atoms with Crippen molar-refractivity contribution in [3.8, 4) is 0 Å². The highest BCUT2D eigenvalue weighted by molar-refractivity contribution is 5.76. The van der Waals surface area contributed by atoms with Gasteiger partial charge in [-0.2, -0.15) is 0 Å². The maximum Gasteiger partial charge on any atom is 0.221 e. The molecule has 1 atom stereocenters. The molecule has 3 nitrogen and oxygen atoms in total. The third kappa shape index (κ3) is 5.65. The second-order valence-electron chi connectivity index (χ2n) is 5.29. The molecule has 0 aliphatic carbocycles. The van der Waals surface area contributed by atoms with E-state index < -0.39 is 11.6 Å². The van der Waals surface area contributed by atoms with Crippen molar-refractivity contribution >= 4 is 5.91 Å². The summed E-state index contributed by atoms with van der Waals surface area (Å²) in [4.78, 5) is 11.5. The molecule has 1 rings (SSSR count). The number of hydrogen-bond acceptors (Lipinski definition) is 2. The van der Waals surface area contributed by atoms with Crippen molar-refractivity contribution in [2.24, 2.45) is 5.92 Å². The molecule has 5 heteroatoms. The topological polar surface area (TPSA) is 41.1 Å². The lowest BCUT2D eigenvalue weighted by Crippen LogP contribution is -2.31. The van der Waals surface area contributed by atoms with Crippen LogP contribution in [0.1, 0.15) is 38.8 Å². The Hall–Kier alpha value is -1.49. The van der Waals surface area contributed by atoms with Gasteiger partial charge in [0.1, 0.15) is 11.6 Å². The van der Waals surface area contributed by atoms with Gasteiger partial charge in [-0.25, -0.2) is 8.78 Å². The fraction of sp³-hybridized carbons (Fsp3) is 0.533. The number of carbonyl (C=O) groups excluding carboxylic acids is 1. The number of halogens is 2. The number of hydrogen-bond donors (Lipinski definition) is 2. The Kier molecular flexibility index (Phi) is 6.58. The molecular formula is C15H22F2N2O. The van der Waals surface area contributed by atoms with E-state index in [2.05, 4.69) is 10.6 Å². The minimum atomic E-state index is -0.468. The lowest BCUT2D eigenvalue weighted by atomic mass is 10.1. The van der Waals surface area contributed by atoms with Crippen molar-refractivity contribution in [2.45, 2.75) is 33.2 Å². The molecule has 0 aliphatic rings. The Morgan fingerprint density at radius 2 is 1.95 bits per heavy atom. The van der Waals surface area contributed by atoms with E-state index in [4.69, 9.17) is 0 Å². The van der Waals surface area contributed by atoms with E-state index in [9.17, 15) is 13.6 Å². The Bertz CT molecular complexity index is 449. The minimum absolute atomic E-state index is 0.0434. The molecule has 20 heavy (non-hydrogen) atoms. The predicted molar refractivity (Wildman–Crippen MR) is 75.2 cm³/mol. The maximum absolute atomic E-state index is 13.5. The smallest absolute Gasteiger partial charge is 0.221 e. The average Bonchev–Trinajstić information content (AvgIpc) is 2.39. The van der Waals surface area contributed by atoms with Crippen molar-refractivity contribution in [1.29, 1.82) is 0 Å². The zero-order chi connectivity index (χ0) is 15.1. The summed E-state index contributed by atoms with van der Waals surface area (Å²) in [6.45, 7) is 6.85. The number of rotatable bonds is 7. The summed E-state index contributed by atoms with van der Waals surface area (Å²) in [6, 6.07) is 3.03. The van der Waals surface area contributed by atoms with Crippen LogP contribution in [-0.4, -0.2) is 19.0 Å². The van der Waals surface area contributed by atoms with Crippen LogP contribution in [0.15, 0.2) is 18.2 Å². The van der Waals surface area contributed by atoms with Crippen molar-refractivity contribution in [1.82, 2.24) is 10.6 Å². The summed E-state index contributed by atoms with van der Waals surface area (Å²) in [5.74, 6) is -0.550. The van der Waals surface area contributed by atoms with Gasteiger partial charge < -0.3 is 10.6 Å².